The number of carbonyl (C=O) groups excluding carboxylic acids is 1. The van der Waals surface area contributed by atoms with Crippen molar-refractivity contribution in [1.82, 2.24) is 4.98 Å². The molecule has 102 valence electrons. The van der Waals surface area contributed by atoms with E-state index < -0.39 is 5.97 Å². The van der Waals surface area contributed by atoms with Gasteiger partial charge in [0.1, 0.15) is 0 Å². The summed E-state index contributed by atoms with van der Waals surface area (Å²) in [5.74, 6) is -1.29. The molecule has 5 nitrogen and oxygen atoms in total. The number of benzene rings is 1. The van der Waals surface area contributed by atoms with E-state index in [4.69, 9.17) is 5.11 Å². The monoisotopic (exact) mass is 288 g/mol. The van der Waals surface area contributed by atoms with E-state index in [1.54, 1.807) is 18.2 Å². The van der Waals surface area contributed by atoms with Crippen molar-refractivity contribution in [1.29, 1.82) is 0 Å². The third-order valence-corrected chi connectivity index (χ3v) is 3.23. The molecule has 0 aliphatic heterocycles. The first-order chi connectivity index (χ1) is 9.54. The van der Waals surface area contributed by atoms with Gasteiger partial charge < -0.3 is 10.4 Å². The van der Waals surface area contributed by atoms with Gasteiger partial charge in [-0.25, -0.2) is 9.78 Å². The Morgan fingerprint density at radius 1 is 1.30 bits per heavy atom. The number of thiazole rings is 1. The van der Waals surface area contributed by atoms with Crippen LogP contribution in [0.25, 0.3) is 6.08 Å². The van der Waals surface area contributed by atoms with Gasteiger partial charge in [-0.3, -0.25) is 4.79 Å². The molecule has 0 bridgehead atoms. The van der Waals surface area contributed by atoms with Crippen LogP contribution < -0.4 is 5.32 Å². The van der Waals surface area contributed by atoms with Crippen LogP contribution in [-0.2, 0) is 4.79 Å². The standard InChI is InChI=1S/C14H12N2O3S/c1-9-15-12(8-20-9)6-7-13(17)16-11-4-2-10(3-5-11)14(18)19/h2-8H,1H3,(H,16,17)(H,18,19)/b7-6+. The lowest BCUT2D eigenvalue weighted by molar-refractivity contribution is -0.111. The first-order valence-corrected chi connectivity index (χ1v) is 6.67. The molecule has 2 N–H and O–H groups in total. The van der Waals surface area contributed by atoms with E-state index in [-0.39, 0.29) is 11.5 Å². The van der Waals surface area contributed by atoms with Gasteiger partial charge in [0, 0.05) is 17.1 Å². The first-order valence-electron chi connectivity index (χ1n) is 5.79. The van der Waals surface area contributed by atoms with Gasteiger partial charge in [-0.1, -0.05) is 0 Å². The third-order valence-electron chi connectivity index (χ3n) is 2.44. The van der Waals surface area contributed by atoms with Crippen molar-refractivity contribution in [2.75, 3.05) is 5.32 Å². The second-order valence-electron chi connectivity index (χ2n) is 4.00. The SMILES string of the molecule is Cc1nc(/C=C/C(=O)Nc2ccc(C(=O)O)cc2)cs1. The normalized spacial score (nSPS) is 10.7. The van der Waals surface area contributed by atoms with Crippen LogP contribution in [0.1, 0.15) is 21.1 Å². The number of carbonyl (C=O) groups is 2. The van der Waals surface area contributed by atoms with Gasteiger partial charge in [-0.15, -0.1) is 11.3 Å². The topological polar surface area (TPSA) is 79.3 Å². The molecule has 0 fully saturated rings. The van der Waals surface area contributed by atoms with Crippen molar-refractivity contribution in [3.8, 4) is 0 Å². The zero-order valence-electron chi connectivity index (χ0n) is 10.7. The predicted molar refractivity (Wildman–Crippen MR) is 77.9 cm³/mol. The summed E-state index contributed by atoms with van der Waals surface area (Å²) in [6, 6.07) is 5.96. The lowest BCUT2D eigenvalue weighted by Gasteiger charge is -2.02. The number of hydrogen-bond donors (Lipinski definition) is 2. The van der Waals surface area contributed by atoms with Crippen LogP contribution in [0.15, 0.2) is 35.7 Å². The maximum Gasteiger partial charge on any atom is 0.335 e. The number of hydrogen-bond acceptors (Lipinski definition) is 4. The number of aromatic carboxylic acids is 1. The summed E-state index contributed by atoms with van der Waals surface area (Å²) < 4.78 is 0. The second-order valence-corrected chi connectivity index (χ2v) is 5.06. The van der Waals surface area contributed by atoms with E-state index in [0.717, 1.165) is 10.7 Å². The Morgan fingerprint density at radius 2 is 2.00 bits per heavy atom. The van der Waals surface area contributed by atoms with Gasteiger partial charge in [0.2, 0.25) is 5.91 Å². The minimum Gasteiger partial charge on any atom is -0.478 e. The Balaban J connectivity index is 1.97. The fourth-order valence-electron chi connectivity index (χ4n) is 1.50. The van der Waals surface area contributed by atoms with Gasteiger partial charge in [-0.05, 0) is 37.3 Å². The Bertz CT molecular complexity index is 659. The van der Waals surface area contributed by atoms with Crippen molar-refractivity contribution < 1.29 is 14.7 Å². The van der Waals surface area contributed by atoms with Crippen molar-refractivity contribution in [3.05, 3.63) is 52.0 Å². The third kappa shape index (κ3) is 3.76. The number of aryl methyl sites for hydroxylation is 1. The molecule has 0 saturated carbocycles. The van der Waals surface area contributed by atoms with Gasteiger partial charge in [0.05, 0.1) is 16.3 Å². The van der Waals surface area contributed by atoms with Gasteiger partial charge in [0.15, 0.2) is 0 Å². The summed E-state index contributed by atoms with van der Waals surface area (Å²) in [7, 11) is 0. The Kier molecular flexibility index (Phi) is 4.27. The van der Waals surface area contributed by atoms with Crippen LogP contribution in [0.2, 0.25) is 0 Å². The van der Waals surface area contributed by atoms with E-state index in [2.05, 4.69) is 10.3 Å². The van der Waals surface area contributed by atoms with Crippen LogP contribution in [0.5, 0.6) is 0 Å². The minimum absolute atomic E-state index is 0.177. The quantitative estimate of drug-likeness (QED) is 0.848. The van der Waals surface area contributed by atoms with Crippen LogP contribution in [0.4, 0.5) is 5.69 Å². The summed E-state index contributed by atoms with van der Waals surface area (Å²) in [5.41, 5.74) is 1.46. The molecule has 1 amide bonds. The summed E-state index contributed by atoms with van der Waals surface area (Å²) in [4.78, 5) is 26.6. The highest BCUT2D eigenvalue weighted by atomic mass is 32.1. The maximum atomic E-state index is 11.7. The highest BCUT2D eigenvalue weighted by molar-refractivity contribution is 7.09. The molecule has 6 heteroatoms. The molecule has 0 radical (unpaired) electrons. The number of carboxylic acid groups (broad SMARTS) is 1. The number of carboxylic acids is 1. The molecule has 2 aromatic rings. The fraction of sp³-hybridized carbons (Fsp3) is 0.0714. The number of nitrogens with one attached hydrogen (secondary N) is 1. The van der Waals surface area contributed by atoms with Crippen molar-refractivity contribution in [2.24, 2.45) is 0 Å². The highest BCUT2D eigenvalue weighted by Gasteiger charge is 2.03. The van der Waals surface area contributed by atoms with Crippen molar-refractivity contribution in [3.63, 3.8) is 0 Å². The lowest BCUT2D eigenvalue weighted by Crippen LogP contribution is -2.08. The zero-order valence-corrected chi connectivity index (χ0v) is 11.5. The summed E-state index contributed by atoms with van der Waals surface area (Å²) in [5, 5.41) is 14.2. The molecule has 0 saturated heterocycles. The molecule has 0 spiro atoms. The molecule has 1 aromatic heterocycles. The molecular formula is C14H12N2O3S. The molecule has 2 rings (SSSR count). The van der Waals surface area contributed by atoms with E-state index in [0.29, 0.717) is 5.69 Å². The average molecular weight is 288 g/mol. The van der Waals surface area contributed by atoms with E-state index in [1.807, 2.05) is 12.3 Å². The Labute approximate surface area is 119 Å². The number of amides is 1. The second kappa shape index (κ2) is 6.12. The Hall–Kier alpha value is -2.47. The summed E-state index contributed by atoms with van der Waals surface area (Å²) in [6.45, 7) is 1.89. The molecule has 20 heavy (non-hydrogen) atoms. The smallest absolute Gasteiger partial charge is 0.335 e. The summed E-state index contributed by atoms with van der Waals surface area (Å²) in [6.07, 6.45) is 3.02. The fourth-order valence-corrected chi connectivity index (χ4v) is 2.08. The number of nitrogens with zero attached hydrogens (tertiary/aromatic N) is 1. The Morgan fingerprint density at radius 3 is 2.55 bits per heavy atom. The lowest BCUT2D eigenvalue weighted by atomic mass is 10.2. The number of anilines is 1. The zero-order chi connectivity index (χ0) is 14.5. The van der Waals surface area contributed by atoms with Gasteiger partial charge in [0.25, 0.3) is 0 Å². The molecule has 0 unspecified atom stereocenters. The highest BCUT2D eigenvalue weighted by Crippen LogP contribution is 2.11. The molecule has 1 aromatic carbocycles. The number of aromatic nitrogens is 1. The van der Waals surface area contributed by atoms with E-state index in [1.165, 1.54) is 29.5 Å². The van der Waals surface area contributed by atoms with Crippen molar-refractivity contribution >= 4 is 35.0 Å². The van der Waals surface area contributed by atoms with E-state index >= 15 is 0 Å². The van der Waals surface area contributed by atoms with Crippen LogP contribution in [0.3, 0.4) is 0 Å². The molecular weight excluding hydrogens is 276 g/mol. The minimum atomic E-state index is -0.998. The number of rotatable bonds is 4. The average Bonchev–Trinajstić information content (AvgIpc) is 2.83. The van der Waals surface area contributed by atoms with Crippen LogP contribution >= 0.6 is 11.3 Å². The molecule has 0 aliphatic rings. The largest absolute Gasteiger partial charge is 0.478 e. The van der Waals surface area contributed by atoms with Gasteiger partial charge >= 0.3 is 5.97 Å². The van der Waals surface area contributed by atoms with E-state index in [9.17, 15) is 9.59 Å². The molecule has 0 atom stereocenters. The van der Waals surface area contributed by atoms with Crippen LogP contribution in [-0.4, -0.2) is 22.0 Å². The first kappa shape index (κ1) is 14.0. The van der Waals surface area contributed by atoms with Crippen LogP contribution in [0, 0.1) is 6.92 Å². The van der Waals surface area contributed by atoms with Gasteiger partial charge in [-0.2, -0.15) is 0 Å². The maximum absolute atomic E-state index is 11.7. The van der Waals surface area contributed by atoms with Crippen molar-refractivity contribution in [2.45, 2.75) is 6.92 Å². The molecule has 0 aliphatic carbocycles. The predicted octanol–water partition coefficient (Wildman–Crippen LogP) is 2.80. The molecule has 1 heterocycles. The summed E-state index contributed by atoms with van der Waals surface area (Å²) >= 11 is 1.51.